The van der Waals surface area contributed by atoms with Crippen LogP contribution < -0.4 is 10.6 Å². The highest BCUT2D eigenvalue weighted by Crippen LogP contribution is 2.27. The minimum absolute atomic E-state index is 0.00206. The van der Waals surface area contributed by atoms with Crippen molar-refractivity contribution in [3.05, 3.63) is 57.9 Å². The maximum Gasteiger partial charge on any atom is 0.226 e. The molecule has 0 radical (unpaired) electrons. The van der Waals surface area contributed by atoms with Gasteiger partial charge in [-0.2, -0.15) is 0 Å². The lowest BCUT2D eigenvalue weighted by Crippen LogP contribution is -2.17. The monoisotopic (exact) mass is 356 g/mol. The minimum Gasteiger partial charge on any atom is -0.382 e. The lowest BCUT2D eigenvalue weighted by molar-refractivity contribution is -0.115. The first-order chi connectivity index (χ1) is 11.3. The minimum atomic E-state index is -1.55. The molecular formula is C17H16ClF3N2O. The molecule has 1 amide bonds. The van der Waals surface area contributed by atoms with Crippen molar-refractivity contribution in [3.8, 4) is 0 Å². The van der Waals surface area contributed by atoms with E-state index < -0.39 is 17.5 Å². The Hall–Kier alpha value is -2.21. The summed E-state index contributed by atoms with van der Waals surface area (Å²) in [7, 11) is 0. The maximum atomic E-state index is 13.5. The van der Waals surface area contributed by atoms with Gasteiger partial charge in [-0.3, -0.25) is 4.79 Å². The number of hydrogen-bond acceptors (Lipinski definition) is 2. The molecule has 2 aromatic rings. The predicted molar refractivity (Wildman–Crippen MR) is 89.0 cm³/mol. The van der Waals surface area contributed by atoms with Crippen LogP contribution >= 0.6 is 11.6 Å². The van der Waals surface area contributed by atoms with Crippen molar-refractivity contribution in [2.75, 3.05) is 17.2 Å². The largest absolute Gasteiger partial charge is 0.382 e. The second-order valence-electron chi connectivity index (χ2n) is 5.39. The van der Waals surface area contributed by atoms with Gasteiger partial charge < -0.3 is 10.6 Å². The van der Waals surface area contributed by atoms with E-state index in [1.54, 1.807) is 6.07 Å². The topological polar surface area (TPSA) is 41.1 Å². The molecule has 24 heavy (non-hydrogen) atoms. The second-order valence-corrected chi connectivity index (χ2v) is 5.79. The molecule has 0 saturated heterocycles. The summed E-state index contributed by atoms with van der Waals surface area (Å²) >= 11 is 6.10. The number of amides is 1. The van der Waals surface area contributed by atoms with Crippen LogP contribution in [-0.2, 0) is 4.79 Å². The number of halogens is 4. The van der Waals surface area contributed by atoms with Crippen LogP contribution in [0.2, 0.25) is 5.02 Å². The van der Waals surface area contributed by atoms with Crippen LogP contribution in [-0.4, -0.2) is 12.5 Å². The van der Waals surface area contributed by atoms with Crippen LogP contribution in [0.15, 0.2) is 24.3 Å². The van der Waals surface area contributed by atoms with Gasteiger partial charge >= 0.3 is 0 Å². The van der Waals surface area contributed by atoms with E-state index in [0.29, 0.717) is 10.7 Å². The van der Waals surface area contributed by atoms with Gasteiger partial charge in [-0.05, 0) is 43.2 Å². The highest BCUT2D eigenvalue weighted by molar-refractivity contribution is 6.34. The van der Waals surface area contributed by atoms with Gasteiger partial charge in [-0.1, -0.05) is 17.7 Å². The Labute approximate surface area is 142 Å². The van der Waals surface area contributed by atoms with E-state index in [4.69, 9.17) is 11.6 Å². The van der Waals surface area contributed by atoms with Crippen LogP contribution in [0.4, 0.5) is 24.5 Å². The second kappa shape index (κ2) is 7.57. The summed E-state index contributed by atoms with van der Waals surface area (Å²) in [5.41, 5.74) is 2.12. The van der Waals surface area contributed by atoms with Crippen molar-refractivity contribution in [2.24, 2.45) is 0 Å². The summed E-state index contributed by atoms with van der Waals surface area (Å²) in [5, 5.41) is 5.68. The number of carbonyl (C=O) groups excluding carboxylic acids is 1. The smallest absolute Gasteiger partial charge is 0.226 e. The van der Waals surface area contributed by atoms with E-state index in [1.807, 2.05) is 19.9 Å². The van der Waals surface area contributed by atoms with Gasteiger partial charge in [0.25, 0.3) is 0 Å². The molecule has 0 aliphatic carbocycles. The normalized spacial score (nSPS) is 10.6. The lowest BCUT2D eigenvalue weighted by atomic mass is 10.1. The SMILES string of the molecule is Cc1cc(C)c(NC(=O)CCNc2ccc(F)c(F)c2F)c(Cl)c1. The summed E-state index contributed by atoms with van der Waals surface area (Å²) in [6.45, 7) is 3.77. The predicted octanol–water partition coefficient (Wildman–Crippen LogP) is 4.81. The quantitative estimate of drug-likeness (QED) is 0.754. The van der Waals surface area contributed by atoms with E-state index in [2.05, 4.69) is 10.6 Å². The van der Waals surface area contributed by atoms with Crippen molar-refractivity contribution >= 4 is 28.9 Å². The van der Waals surface area contributed by atoms with Crippen LogP contribution in [0.1, 0.15) is 17.5 Å². The average molecular weight is 357 g/mol. The standard InChI is InChI=1S/C17H16ClF3N2O/c1-9-7-10(2)17(11(18)8-9)23-14(24)5-6-22-13-4-3-12(19)15(20)16(13)21/h3-4,7-8,22H,5-6H2,1-2H3,(H,23,24). The molecule has 0 unspecified atom stereocenters. The number of benzene rings is 2. The molecule has 128 valence electrons. The van der Waals surface area contributed by atoms with Crippen LogP contribution in [0.5, 0.6) is 0 Å². The molecule has 0 saturated carbocycles. The highest BCUT2D eigenvalue weighted by atomic mass is 35.5. The number of aryl methyl sites for hydroxylation is 2. The molecule has 2 N–H and O–H groups in total. The van der Waals surface area contributed by atoms with E-state index in [0.717, 1.165) is 23.3 Å². The van der Waals surface area contributed by atoms with E-state index in [9.17, 15) is 18.0 Å². The molecule has 2 aromatic carbocycles. The van der Waals surface area contributed by atoms with Crippen LogP contribution in [0.3, 0.4) is 0 Å². The summed E-state index contributed by atoms with van der Waals surface area (Å²) in [4.78, 5) is 12.0. The molecule has 0 heterocycles. The first kappa shape index (κ1) is 18.1. The van der Waals surface area contributed by atoms with Crippen molar-refractivity contribution in [1.29, 1.82) is 0 Å². The van der Waals surface area contributed by atoms with Crippen molar-refractivity contribution in [2.45, 2.75) is 20.3 Å². The average Bonchev–Trinajstić information content (AvgIpc) is 2.51. The molecule has 0 aliphatic rings. The Morgan fingerprint density at radius 2 is 1.83 bits per heavy atom. The number of rotatable bonds is 5. The van der Waals surface area contributed by atoms with Gasteiger partial charge in [-0.15, -0.1) is 0 Å². The maximum absolute atomic E-state index is 13.5. The number of nitrogens with one attached hydrogen (secondary N) is 2. The Kier molecular flexibility index (Phi) is 5.72. The third-order valence-corrected chi connectivity index (χ3v) is 3.70. The zero-order valence-electron chi connectivity index (χ0n) is 13.1. The Balaban J connectivity index is 1.94. The first-order valence-electron chi connectivity index (χ1n) is 7.23. The number of carbonyl (C=O) groups is 1. The van der Waals surface area contributed by atoms with Gasteiger partial charge in [0.15, 0.2) is 17.5 Å². The van der Waals surface area contributed by atoms with Gasteiger partial charge in [0.1, 0.15) is 0 Å². The first-order valence-corrected chi connectivity index (χ1v) is 7.61. The number of anilines is 2. The molecule has 0 bridgehead atoms. The van der Waals surface area contributed by atoms with Gasteiger partial charge in [-0.25, -0.2) is 13.2 Å². The Bertz CT molecular complexity index is 758. The zero-order valence-corrected chi connectivity index (χ0v) is 13.9. The molecule has 0 aromatic heterocycles. The molecule has 3 nitrogen and oxygen atoms in total. The fourth-order valence-corrected chi connectivity index (χ4v) is 2.62. The molecular weight excluding hydrogens is 341 g/mol. The number of hydrogen-bond donors (Lipinski definition) is 2. The van der Waals surface area contributed by atoms with Crippen molar-refractivity contribution < 1.29 is 18.0 Å². The third-order valence-electron chi connectivity index (χ3n) is 3.40. The fourth-order valence-electron chi connectivity index (χ4n) is 2.25. The highest BCUT2D eigenvalue weighted by Gasteiger charge is 2.14. The van der Waals surface area contributed by atoms with Gasteiger partial charge in [0, 0.05) is 13.0 Å². The zero-order chi connectivity index (χ0) is 17.9. The van der Waals surface area contributed by atoms with Crippen molar-refractivity contribution in [3.63, 3.8) is 0 Å². The van der Waals surface area contributed by atoms with Crippen molar-refractivity contribution in [1.82, 2.24) is 0 Å². The summed E-state index contributed by atoms with van der Waals surface area (Å²) < 4.78 is 39.4. The van der Waals surface area contributed by atoms with E-state index in [1.165, 1.54) is 0 Å². The Morgan fingerprint density at radius 3 is 2.50 bits per heavy atom. The molecule has 0 aliphatic heterocycles. The van der Waals surface area contributed by atoms with Gasteiger partial charge in [0.2, 0.25) is 5.91 Å². The van der Waals surface area contributed by atoms with Gasteiger partial charge in [0.05, 0.1) is 16.4 Å². The molecule has 2 rings (SSSR count). The summed E-state index contributed by atoms with van der Waals surface area (Å²) in [6.07, 6.45) is 0.00206. The summed E-state index contributed by atoms with van der Waals surface area (Å²) in [6, 6.07) is 5.51. The van der Waals surface area contributed by atoms with E-state index >= 15 is 0 Å². The Morgan fingerprint density at radius 1 is 1.12 bits per heavy atom. The molecule has 0 spiro atoms. The molecule has 0 fully saturated rings. The van der Waals surface area contributed by atoms with Crippen LogP contribution in [0, 0.1) is 31.3 Å². The summed E-state index contributed by atoms with van der Waals surface area (Å²) in [5.74, 6) is -4.46. The van der Waals surface area contributed by atoms with Crippen LogP contribution in [0.25, 0.3) is 0 Å². The lowest BCUT2D eigenvalue weighted by Gasteiger charge is -2.12. The van der Waals surface area contributed by atoms with E-state index in [-0.39, 0.29) is 24.6 Å². The fraction of sp³-hybridized carbons (Fsp3) is 0.235. The third kappa shape index (κ3) is 4.20. The molecule has 0 atom stereocenters. The molecule has 7 heteroatoms.